The highest BCUT2D eigenvalue weighted by Crippen LogP contribution is 2.23. The van der Waals surface area contributed by atoms with Crippen molar-refractivity contribution < 1.29 is 23.8 Å². The van der Waals surface area contributed by atoms with Crippen molar-refractivity contribution in [2.75, 3.05) is 0 Å². The summed E-state index contributed by atoms with van der Waals surface area (Å²) in [6.45, 7) is 1.21. The van der Waals surface area contributed by atoms with Gasteiger partial charge >= 0.3 is 11.6 Å². The first kappa shape index (κ1) is 20.4. The first-order valence-corrected chi connectivity index (χ1v) is 9.13. The molecule has 150 valence electrons. The number of ether oxygens (including phenoxy) is 1. The number of aromatic hydroxyl groups is 1. The van der Waals surface area contributed by atoms with Gasteiger partial charge in [-0.05, 0) is 29.8 Å². The molecule has 2 aromatic carbocycles. The summed E-state index contributed by atoms with van der Waals surface area (Å²) < 4.78 is 10.4. The van der Waals surface area contributed by atoms with E-state index in [1.54, 1.807) is 30.3 Å². The third-order valence-corrected chi connectivity index (χ3v) is 4.48. The summed E-state index contributed by atoms with van der Waals surface area (Å²) in [6.07, 6.45) is -0.0959. The molecule has 3 rings (SSSR count). The second-order valence-corrected chi connectivity index (χ2v) is 6.88. The van der Waals surface area contributed by atoms with Crippen LogP contribution in [0.15, 0.2) is 57.7 Å². The van der Waals surface area contributed by atoms with E-state index in [4.69, 9.17) is 20.8 Å². The molecule has 0 bridgehead atoms. The van der Waals surface area contributed by atoms with Gasteiger partial charge in [-0.2, -0.15) is 0 Å². The fourth-order valence-corrected chi connectivity index (χ4v) is 3.04. The number of fused-ring (bicyclic) bond motifs is 1. The minimum Gasteiger partial charge on any atom is -0.508 e. The van der Waals surface area contributed by atoms with Crippen molar-refractivity contribution in [3.8, 4) is 5.75 Å². The van der Waals surface area contributed by atoms with Gasteiger partial charge < -0.3 is 19.6 Å². The van der Waals surface area contributed by atoms with Crippen molar-refractivity contribution in [3.05, 3.63) is 75.1 Å². The van der Waals surface area contributed by atoms with Gasteiger partial charge in [-0.25, -0.2) is 4.79 Å². The smallest absolute Gasteiger partial charge is 0.336 e. The number of phenols is 1. The highest BCUT2D eigenvalue weighted by molar-refractivity contribution is 6.30. The summed E-state index contributed by atoms with van der Waals surface area (Å²) in [7, 11) is 0. The Hall–Kier alpha value is -3.32. The van der Waals surface area contributed by atoms with Crippen LogP contribution in [0.2, 0.25) is 5.02 Å². The van der Waals surface area contributed by atoms with Gasteiger partial charge in [0, 0.05) is 35.0 Å². The van der Waals surface area contributed by atoms with E-state index in [2.05, 4.69) is 5.32 Å². The number of amides is 1. The molecular weight excluding hydrogens is 398 g/mol. The zero-order valence-corrected chi connectivity index (χ0v) is 16.2. The molecule has 1 atom stereocenters. The maximum atomic E-state index is 12.4. The van der Waals surface area contributed by atoms with Gasteiger partial charge in [0.05, 0.1) is 12.5 Å². The van der Waals surface area contributed by atoms with Crippen LogP contribution in [0.4, 0.5) is 0 Å². The second kappa shape index (κ2) is 8.79. The van der Waals surface area contributed by atoms with E-state index in [-0.39, 0.29) is 30.3 Å². The maximum absolute atomic E-state index is 12.4. The number of hydrogen-bond acceptors (Lipinski definition) is 6. The van der Waals surface area contributed by atoms with E-state index in [1.165, 1.54) is 25.1 Å². The molecule has 3 aromatic rings. The lowest BCUT2D eigenvalue weighted by molar-refractivity contribution is -0.145. The van der Waals surface area contributed by atoms with Gasteiger partial charge in [0.25, 0.3) is 0 Å². The van der Waals surface area contributed by atoms with Crippen molar-refractivity contribution >= 4 is 34.4 Å². The van der Waals surface area contributed by atoms with Crippen LogP contribution in [0.5, 0.6) is 5.75 Å². The first-order valence-electron chi connectivity index (χ1n) is 8.76. The standard InChI is InChI=1S/C21H18ClNO6/c1-12(24)23-18(13-2-4-15(22)5-3-13)10-20(26)28-11-14-8-21(27)29-19-9-16(25)6-7-17(14)19/h2-9,18,25H,10-11H2,1H3,(H,23,24)/t18-/m0/s1. The van der Waals surface area contributed by atoms with Crippen molar-refractivity contribution in [1.29, 1.82) is 0 Å². The Bertz CT molecular complexity index is 1110. The number of hydrogen-bond donors (Lipinski definition) is 2. The summed E-state index contributed by atoms with van der Waals surface area (Å²) in [5.41, 5.74) is 0.738. The zero-order valence-electron chi connectivity index (χ0n) is 15.5. The monoisotopic (exact) mass is 415 g/mol. The Labute approximate surface area is 170 Å². The molecule has 2 N–H and O–H groups in total. The molecular formula is C21H18ClNO6. The second-order valence-electron chi connectivity index (χ2n) is 6.44. The average molecular weight is 416 g/mol. The van der Waals surface area contributed by atoms with E-state index < -0.39 is 17.6 Å². The predicted octanol–water partition coefficient (Wildman–Crippen LogP) is 3.46. The summed E-state index contributed by atoms with van der Waals surface area (Å²) in [5.74, 6) is -0.890. The van der Waals surface area contributed by atoms with Gasteiger partial charge in [-0.3, -0.25) is 9.59 Å². The van der Waals surface area contributed by atoms with E-state index in [9.17, 15) is 19.5 Å². The summed E-state index contributed by atoms with van der Waals surface area (Å²) >= 11 is 5.89. The molecule has 0 fully saturated rings. The third-order valence-electron chi connectivity index (χ3n) is 4.22. The molecule has 1 heterocycles. The summed E-state index contributed by atoms with van der Waals surface area (Å²) in [4.78, 5) is 35.6. The lowest BCUT2D eigenvalue weighted by Gasteiger charge is -2.18. The molecule has 0 spiro atoms. The maximum Gasteiger partial charge on any atom is 0.336 e. The van der Waals surface area contributed by atoms with Crippen LogP contribution in [0.25, 0.3) is 11.0 Å². The summed E-state index contributed by atoms with van der Waals surface area (Å²) in [6, 6.07) is 11.8. The van der Waals surface area contributed by atoms with Gasteiger partial charge in [-0.15, -0.1) is 0 Å². The normalized spacial score (nSPS) is 11.8. The number of carbonyl (C=O) groups is 2. The average Bonchev–Trinajstić information content (AvgIpc) is 2.65. The van der Waals surface area contributed by atoms with E-state index in [0.29, 0.717) is 21.5 Å². The highest BCUT2D eigenvalue weighted by atomic mass is 35.5. The molecule has 7 nitrogen and oxygen atoms in total. The Morgan fingerprint density at radius 2 is 1.90 bits per heavy atom. The van der Waals surface area contributed by atoms with E-state index >= 15 is 0 Å². The molecule has 8 heteroatoms. The minimum atomic E-state index is -0.619. The van der Waals surface area contributed by atoms with Crippen LogP contribution in [-0.4, -0.2) is 17.0 Å². The van der Waals surface area contributed by atoms with Gasteiger partial charge in [0.2, 0.25) is 5.91 Å². The molecule has 0 saturated heterocycles. The van der Waals surface area contributed by atoms with Gasteiger partial charge in [0.1, 0.15) is 17.9 Å². The van der Waals surface area contributed by atoms with Gasteiger partial charge in [-0.1, -0.05) is 23.7 Å². The van der Waals surface area contributed by atoms with E-state index in [0.717, 1.165) is 0 Å². The molecule has 1 aromatic heterocycles. The first-order chi connectivity index (χ1) is 13.8. The molecule has 0 aliphatic rings. The molecule has 0 aliphatic heterocycles. The molecule has 0 radical (unpaired) electrons. The Morgan fingerprint density at radius 1 is 1.17 bits per heavy atom. The highest BCUT2D eigenvalue weighted by Gasteiger charge is 2.19. The number of halogens is 1. The summed E-state index contributed by atoms with van der Waals surface area (Å²) in [5, 5.41) is 13.3. The molecule has 1 amide bonds. The van der Waals surface area contributed by atoms with Crippen LogP contribution < -0.4 is 10.9 Å². The number of nitrogens with one attached hydrogen (secondary N) is 1. The van der Waals surface area contributed by atoms with Crippen LogP contribution >= 0.6 is 11.6 Å². The Balaban J connectivity index is 1.74. The number of benzene rings is 2. The van der Waals surface area contributed by atoms with Gasteiger partial charge in [0.15, 0.2) is 0 Å². The third kappa shape index (κ3) is 5.36. The van der Waals surface area contributed by atoms with Crippen molar-refractivity contribution in [3.63, 3.8) is 0 Å². The molecule has 0 unspecified atom stereocenters. The van der Waals surface area contributed by atoms with Crippen molar-refractivity contribution in [2.45, 2.75) is 26.0 Å². The van der Waals surface area contributed by atoms with Crippen LogP contribution in [0, 0.1) is 0 Å². The largest absolute Gasteiger partial charge is 0.508 e. The Kier molecular flexibility index (Phi) is 6.19. The molecule has 0 saturated carbocycles. The lowest BCUT2D eigenvalue weighted by Crippen LogP contribution is -2.28. The molecule has 29 heavy (non-hydrogen) atoms. The predicted molar refractivity (Wildman–Crippen MR) is 107 cm³/mol. The minimum absolute atomic E-state index is 0.0455. The number of rotatable bonds is 6. The van der Waals surface area contributed by atoms with Crippen LogP contribution in [0.3, 0.4) is 0 Å². The fraction of sp³-hybridized carbons (Fsp3) is 0.190. The Morgan fingerprint density at radius 3 is 2.59 bits per heavy atom. The number of phenolic OH excluding ortho intramolecular Hbond substituents is 1. The van der Waals surface area contributed by atoms with Crippen LogP contribution in [0.1, 0.15) is 30.5 Å². The zero-order chi connectivity index (χ0) is 21.0. The fourth-order valence-electron chi connectivity index (χ4n) is 2.91. The van der Waals surface area contributed by atoms with E-state index in [1.807, 2.05) is 0 Å². The topological polar surface area (TPSA) is 106 Å². The number of esters is 1. The lowest BCUT2D eigenvalue weighted by atomic mass is 10.0. The molecule has 0 aliphatic carbocycles. The quantitative estimate of drug-likeness (QED) is 0.471. The number of carbonyl (C=O) groups excluding carboxylic acids is 2. The van der Waals surface area contributed by atoms with Crippen molar-refractivity contribution in [1.82, 2.24) is 5.32 Å². The SMILES string of the molecule is CC(=O)N[C@@H](CC(=O)OCc1cc(=O)oc2cc(O)ccc12)c1ccc(Cl)cc1. The van der Waals surface area contributed by atoms with Crippen molar-refractivity contribution in [2.24, 2.45) is 0 Å². The van der Waals surface area contributed by atoms with Crippen LogP contribution in [-0.2, 0) is 20.9 Å².